The average Bonchev–Trinajstić information content (AvgIpc) is 2.55. The molecular formula is C18H27FN2O2. The number of urea groups is 1. The number of hydrogen-bond acceptors (Lipinski definition) is 2. The van der Waals surface area contributed by atoms with Crippen molar-refractivity contribution < 1.29 is 13.9 Å². The minimum atomic E-state index is -0.235. The molecule has 5 heteroatoms. The third-order valence-electron chi connectivity index (χ3n) is 4.39. The Labute approximate surface area is 137 Å². The van der Waals surface area contributed by atoms with Crippen LogP contribution in [0, 0.1) is 11.7 Å². The first-order valence-corrected chi connectivity index (χ1v) is 8.53. The summed E-state index contributed by atoms with van der Waals surface area (Å²) in [5, 5.41) is 5.50. The lowest BCUT2D eigenvalue weighted by molar-refractivity contribution is -0.00242. The van der Waals surface area contributed by atoms with Crippen molar-refractivity contribution in [3.05, 3.63) is 35.6 Å². The van der Waals surface area contributed by atoms with Gasteiger partial charge in [-0.05, 0) is 36.8 Å². The Kier molecular flexibility index (Phi) is 7.33. The number of halogens is 1. The van der Waals surface area contributed by atoms with Crippen LogP contribution in [0.1, 0.15) is 38.2 Å². The predicted molar refractivity (Wildman–Crippen MR) is 88.9 cm³/mol. The molecule has 0 aliphatic heterocycles. The fourth-order valence-corrected chi connectivity index (χ4v) is 2.98. The molecule has 0 spiro atoms. The molecule has 2 amide bonds. The van der Waals surface area contributed by atoms with Crippen LogP contribution in [0.25, 0.3) is 0 Å². The lowest BCUT2D eigenvalue weighted by Crippen LogP contribution is -2.39. The van der Waals surface area contributed by atoms with Crippen LogP contribution >= 0.6 is 0 Å². The largest absolute Gasteiger partial charge is 0.376 e. The van der Waals surface area contributed by atoms with E-state index in [9.17, 15) is 9.18 Å². The number of hydrogen-bond donors (Lipinski definition) is 2. The first kappa shape index (κ1) is 17.7. The zero-order chi connectivity index (χ0) is 16.5. The van der Waals surface area contributed by atoms with E-state index in [-0.39, 0.29) is 11.8 Å². The Bertz CT molecular complexity index is 496. The summed E-state index contributed by atoms with van der Waals surface area (Å²) in [4.78, 5) is 11.7. The van der Waals surface area contributed by atoms with Crippen molar-refractivity contribution in [2.75, 3.05) is 19.7 Å². The smallest absolute Gasteiger partial charge is 0.314 e. The fraction of sp³-hybridized carbons (Fsp3) is 0.611. The van der Waals surface area contributed by atoms with E-state index in [0.29, 0.717) is 43.7 Å². The molecule has 2 unspecified atom stereocenters. The summed E-state index contributed by atoms with van der Waals surface area (Å²) in [5.41, 5.74) is 0.613. The zero-order valence-electron chi connectivity index (χ0n) is 13.8. The first-order valence-electron chi connectivity index (χ1n) is 8.53. The van der Waals surface area contributed by atoms with Crippen molar-refractivity contribution in [1.82, 2.24) is 10.6 Å². The highest BCUT2D eigenvalue weighted by Gasteiger charge is 2.21. The quantitative estimate of drug-likeness (QED) is 0.757. The van der Waals surface area contributed by atoms with Gasteiger partial charge in [0.05, 0.1) is 12.7 Å². The van der Waals surface area contributed by atoms with Gasteiger partial charge in [-0.3, -0.25) is 0 Å². The molecule has 0 aromatic heterocycles. The maximum Gasteiger partial charge on any atom is 0.314 e. The summed E-state index contributed by atoms with van der Waals surface area (Å²) in [7, 11) is 0. The molecule has 0 radical (unpaired) electrons. The number of carbonyl (C=O) groups is 1. The molecule has 1 aromatic carbocycles. The van der Waals surface area contributed by atoms with E-state index in [1.165, 1.54) is 25.3 Å². The molecular weight excluding hydrogens is 295 g/mol. The van der Waals surface area contributed by atoms with Crippen molar-refractivity contribution in [3.8, 4) is 0 Å². The Morgan fingerprint density at radius 1 is 1.22 bits per heavy atom. The predicted octanol–water partition coefficient (Wildman–Crippen LogP) is 3.26. The average molecular weight is 322 g/mol. The Hall–Kier alpha value is -1.62. The van der Waals surface area contributed by atoms with E-state index < -0.39 is 0 Å². The van der Waals surface area contributed by atoms with E-state index >= 15 is 0 Å². The fourth-order valence-electron chi connectivity index (χ4n) is 2.98. The van der Waals surface area contributed by atoms with Crippen LogP contribution in [0.2, 0.25) is 0 Å². The number of ether oxygens (including phenoxy) is 1. The lowest BCUT2D eigenvalue weighted by Gasteiger charge is -2.28. The van der Waals surface area contributed by atoms with Gasteiger partial charge in [-0.25, -0.2) is 9.18 Å². The minimum absolute atomic E-state index is 0.232. The standard InChI is InChI=1S/C18H27FN2O2/c1-14-6-2-5-9-17(14)23-13-12-21-18(22)20-11-10-15-7-3-4-8-16(15)19/h3-4,7-8,14,17H,2,5-6,9-13H2,1H3,(H2,20,21,22). The lowest BCUT2D eigenvalue weighted by atomic mass is 9.88. The third-order valence-corrected chi connectivity index (χ3v) is 4.39. The molecule has 1 aliphatic carbocycles. The monoisotopic (exact) mass is 322 g/mol. The molecule has 1 aromatic rings. The maximum atomic E-state index is 13.4. The molecule has 23 heavy (non-hydrogen) atoms. The summed E-state index contributed by atoms with van der Waals surface area (Å²) in [6.07, 6.45) is 5.69. The van der Waals surface area contributed by atoms with Crippen LogP contribution < -0.4 is 10.6 Å². The van der Waals surface area contributed by atoms with E-state index in [2.05, 4.69) is 17.6 Å². The summed E-state index contributed by atoms with van der Waals surface area (Å²) >= 11 is 0. The summed E-state index contributed by atoms with van der Waals surface area (Å²) in [5.74, 6) is 0.378. The van der Waals surface area contributed by atoms with Gasteiger partial charge in [-0.2, -0.15) is 0 Å². The van der Waals surface area contributed by atoms with Gasteiger partial charge in [-0.15, -0.1) is 0 Å². The van der Waals surface area contributed by atoms with Gasteiger partial charge in [0, 0.05) is 13.1 Å². The van der Waals surface area contributed by atoms with Crippen LogP contribution in [0.3, 0.4) is 0 Å². The molecule has 128 valence electrons. The molecule has 0 saturated heterocycles. The van der Waals surface area contributed by atoms with Crippen molar-refractivity contribution in [3.63, 3.8) is 0 Å². The van der Waals surface area contributed by atoms with Gasteiger partial charge in [0.15, 0.2) is 0 Å². The SMILES string of the molecule is CC1CCCCC1OCCNC(=O)NCCc1ccccc1F. The van der Waals surface area contributed by atoms with Crippen molar-refractivity contribution in [1.29, 1.82) is 0 Å². The Balaban J connectivity index is 1.54. The number of amides is 2. The number of benzene rings is 1. The Morgan fingerprint density at radius 2 is 1.96 bits per heavy atom. The van der Waals surface area contributed by atoms with Crippen LogP contribution in [0.5, 0.6) is 0 Å². The topological polar surface area (TPSA) is 50.4 Å². The first-order chi connectivity index (χ1) is 11.2. The van der Waals surface area contributed by atoms with Gasteiger partial charge in [-0.1, -0.05) is 38.0 Å². The number of carbonyl (C=O) groups excluding carboxylic acids is 1. The van der Waals surface area contributed by atoms with Crippen LogP contribution in [0.4, 0.5) is 9.18 Å². The zero-order valence-corrected chi connectivity index (χ0v) is 13.8. The second-order valence-corrected chi connectivity index (χ2v) is 6.20. The summed E-state index contributed by atoms with van der Waals surface area (Å²) in [6.45, 7) is 3.67. The van der Waals surface area contributed by atoms with Gasteiger partial charge < -0.3 is 15.4 Å². The minimum Gasteiger partial charge on any atom is -0.376 e. The molecule has 1 aliphatic rings. The van der Waals surface area contributed by atoms with Crippen molar-refractivity contribution in [2.45, 2.75) is 45.1 Å². The van der Waals surface area contributed by atoms with E-state index in [1.54, 1.807) is 18.2 Å². The molecule has 2 rings (SSSR count). The van der Waals surface area contributed by atoms with Crippen LogP contribution in [-0.4, -0.2) is 31.8 Å². The van der Waals surface area contributed by atoms with E-state index in [1.807, 2.05) is 0 Å². The molecule has 4 nitrogen and oxygen atoms in total. The van der Waals surface area contributed by atoms with E-state index in [0.717, 1.165) is 6.42 Å². The Morgan fingerprint density at radius 3 is 2.74 bits per heavy atom. The van der Waals surface area contributed by atoms with Gasteiger partial charge in [0.2, 0.25) is 0 Å². The normalized spacial score (nSPS) is 21.0. The second kappa shape index (κ2) is 9.50. The molecule has 0 heterocycles. The third kappa shape index (κ3) is 6.18. The van der Waals surface area contributed by atoms with Crippen molar-refractivity contribution >= 4 is 6.03 Å². The number of rotatable bonds is 7. The highest BCUT2D eigenvalue weighted by Crippen LogP contribution is 2.25. The molecule has 1 saturated carbocycles. The highest BCUT2D eigenvalue weighted by atomic mass is 19.1. The molecule has 0 bridgehead atoms. The van der Waals surface area contributed by atoms with Gasteiger partial charge in [0.25, 0.3) is 0 Å². The summed E-state index contributed by atoms with van der Waals surface area (Å²) < 4.78 is 19.3. The molecule has 2 N–H and O–H groups in total. The van der Waals surface area contributed by atoms with Gasteiger partial charge >= 0.3 is 6.03 Å². The highest BCUT2D eigenvalue weighted by molar-refractivity contribution is 5.73. The maximum absolute atomic E-state index is 13.4. The number of nitrogens with one attached hydrogen (secondary N) is 2. The van der Waals surface area contributed by atoms with E-state index in [4.69, 9.17) is 4.74 Å². The molecule has 1 fully saturated rings. The summed E-state index contributed by atoms with van der Waals surface area (Å²) in [6, 6.07) is 6.38. The van der Waals surface area contributed by atoms with Gasteiger partial charge in [0.1, 0.15) is 5.82 Å². The molecule has 2 atom stereocenters. The van der Waals surface area contributed by atoms with Crippen LogP contribution in [0.15, 0.2) is 24.3 Å². The second-order valence-electron chi connectivity index (χ2n) is 6.20. The van der Waals surface area contributed by atoms with Crippen molar-refractivity contribution in [2.24, 2.45) is 5.92 Å². The van der Waals surface area contributed by atoms with Crippen LogP contribution in [-0.2, 0) is 11.2 Å².